The van der Waals surface area contributed by atoms with Crippen molar-refractivity contribution in [2.75, 3.05) is 6.54 Å². The number of aromatic nitrogens is 2. The highest BCUT2D eigenvalue weighted by Crippen LogP contribution is 2.31. The Morgan fingerprint density at radius 2 is 2.16 bits per heavy atom. The number of hydrogen-bond donors (Lipinski definition) is 2. The maximum atomic E-state index is 11.8. The van der Waals surface area contributed by atoms with Gasteiger partial charge < -0.3 is 15.6 Å². The molecule has 0 bridgehead atoms. The molecule has 6 heteroatoms. The maximum absolute atomic E-state index is 11.8. The van der Waals surface area contributed by atoms with Gasteiger partial charge in [-0.3, -0.25) is 4.79 Å². The van der Waals surface area contributed by atoms with Gasteiger partial charge >= 0.3 is 0 Å². The second kappa shape index (κ2) is 6.14. The van der Waals surface area contributed by atoms with Crippen LogP contribution in [0.1, 0.15) is 50.2 Å². The zero-order chi connectivity index (χ0) is 13.8. The van der Waals surface area contributed by atoms with E-state index in [9.17, 15) is 4.79 Å². The van der Waals surface area contributed by atoms with Crippen molar-refractivity contribution < 1.29 is 9.32 Å². The van der Waals surface area contributed by atoms with Gasteiger partial charge in [0.25, 0.3) is 0 Å². The Balaban J connectivity index is 1.81. The van der Waals surface area contributed by atoms with E-state index in [0.717, 1.165) is 31.6 Å². The molecule has 1 saturated carbocycles. The smallest absolute Gasteiger partial charge is 0.229 e. The maximum Gasteiger partial charge on any atom is 0.229 e. The first-order valence-corrected chi connectivity index (χ1v) is 6.90. The van der Waals surface area contributed by atoms with Gasteiger partial charge in [0.1, 0.15) is 0 Å². The fourth-order valence-electron chi connectivity index (χ4n) is 2.41. The molecule has 2 rings (SSSR count). The minimum Gasteiger partial charge on any atom is -0.353 e. The summed E-state index contributed by atoms with van der Waals surface area (Å²) in [7, 11) is 0. The Labute approximate surface area is 113 Å². The molecule has 19 heavy (non-hydrogen) atoms. The average molecular weight is 266 g/mol. The van der Waals surface area contributed by atoms with Gasteiger partial charge in [-0.25, -0.2) is 0 Å². The summed E-state index contributed by atoms with van der Waals surface area (Å²) in [5.74, 6) is 1.69. The van der Waals surface area contributed by atoms with Gasteiger partial charge in [0, 0.05) is 24.4 Å². The standard InChI is InChI=1S/C13H22N4O2/c1-8(7-14)12(18)16-11-5-3-10(4-6-11)13-15-9(2)17-19-13/h8,10-11H,3-7,14H2,1-2H3,(H,16,18). The van der Waals surface area contributed by atoms with Crippen LogP contribution in [0.15, 0.2) is 4.52 Å². The second-order valence-electron chi connectivity index (χ2n) is 5.37. The highest BCUT2D eigenvalue weighted by Gasteiger charge is 2.27. The lowest BCUT2D eigenvalue weighted by atomic mass is 9.85. The van der Waals surface area contributed by atoms with E-state index >= 15 is 0 Å². The molecule has 1 amide bonds. The van der Waals surface area contributed by atoms with Crippen molar-refractivity contribution in [1.82, 2.24) is 15.5 Å². The normalized spacial score (nSPS) is 25.0. The number of amides is 1. The Morgan fingerprint density at radius 3 is 2.68 bits per heavy atom. The summed E-state index contributed by atoms with van der Waals surface area (Å²) in [4.78, 5) is 16.0. The zero-order valence-electron chi connectivity index (χ0n) is 11.6. The molecule has 0 spiro atoms. The fraction of sp³-hybridized carbons (Fsp3) is 0.769. The monoisotopic (exact) mass is 266 g/mol. The molecule has 1 aliphatic carbocycles. The third-order valence-corrected chi connectivity index (χ3v) is 3.77. The van der Waals surface area contributed by atoms with Crippen LogP contribution in [0.4, 0.5) is 0 Å². The Bertz CT molecular complexity index is 424. The first-order valence-electron chi connectivity index (χ1n) is 6.90. The summed E-state index contributed by atoms with van der Waals surface area (Å²) in [6.07, 6.45) is 3.86. The molecule has 1 fully saturated rings. The van der Waals surface area contributed by atoms with E-state index in [2.05, 4.69) is 15.5 Å². The molecule has 1 atom stereocenters. The van der Waals surface area contributed by atoms with Gasteiger partial charge in [-0.2, -0.15) is 4.98 Å². The number of rotatable bonds is 4. The van der Waals surface area contributed by atoms with E-state index in [4.69, 9.17) is 10.3 Å². The highest BCUT2D eigenvalue weighted by atomic mass is 16.5. The van der Waals surface area contributed by atoms with Gasteiger partial charge in [-0.1, -0.05) is 12.1 Å². The number of nitrogens with zero attached hydrogens (tertiary/aromatic N) is 2. The molecular formula is C13H22N4O2. The zero-order valence-corrected chi connectivity index (χ0v) is 11.6. The van der Waals surface area contributed by atoms with Gasteiger partial charge in [0.15, 0.2) is 5.82 Å². The molecule has 1 heterocycles. The van der Waals surface area contributed by atoms with Crippen molar-refractivity contribution in [2.45, 2.75) is 51.5 Å². The van der Waals surface area contributed by atoms with Crippen LogP contribution in [0.5, 0.6) is 0 Å². The molecule has 1 aromatic heterocycles. The van der Waals surface area contributed by atoms with Crippen LogP contribution >= 0.6 is 0 Å². The second-order valence-corrected chi connectivity index (χ2v) is 5.37. The number of nitrogens with one attached hydrogen (secondary N) is 1. The van der Waals surface area contributed by atoms with Crippen LogP contribution in [0.2, 0.25) is 0 Å². The number of aryl methyl sites for hydroxylation is 1. The summed E-state index contributed by atoms with van der Waals surface area (Å²) in [6, 6.07) is 0.252. The summed E-state index contributed by atoms with van der Waals surface area (Å²) in [5.41, 5.74) is 5.49. The summed E-state index contributed by atoms with van der Waals surface area (Å²) in [6.45, 7) is 4.07. The number of carbonyl (C=O) groups is 1. The van der Waals surface area contributed by atoms with Crippen LogP contribution in [-0.2, 0) is 4.79 Å². The molecule has 1 aliphatic rings. The van der Waals surface area contributed by atoms with E-state index in [1.807, 2.05) is 13.8 Å². The molecule has 0 aromatic carbocycles. The molecule has 6 nitrogen and oxygen atoms in total. The summed E-state index contributed by atoms with van der Waals surface area (Å²) < 4.78 is 5.21. The van der Waals surface area contributed by atoms with Crippen LogP contribution in [0, 0.1) is 12.8 Å². The van der Waals surface area contributed by atoms with Gasteiger partial charge in [0.05, 0.1) is 0 Å². The predicted molar refractivity (Wildman–Crippen MR) is 70.4 cm³/mol. The quantitative estimate of drug-likeness (QED) is 0.851. The Hall–Kier alpha value is -1.43. The van der Waals surface area contributed by atoms with E-state index in [1.54, 1.807) is 0 Å². The van der Waals surface area contributed by atoms with E-state index < -0.39 is 0 Å². The van der Waals surface area contributed by atoms with Crippen molar-refractivity contribution in [3.63, 3.8) is 0 Å². The first-order chi connectivity index (χ1) is 9.10. The lowest BCUT2D eigenvalue weighted by Gasteiger charge is -2.28. The Kier molecular flexibility index (Phi) is 4.52. The first kappa shape index (κ1) is 14.0. The van der Waals surface area contributed by atoms with Crippen molar-refractivity contribution >= 4 is 5.91 Å². The van der Waals surface area contributed by atoms with Crippen LogP contribution in [-0.4, -0.2) is 28.6 Å². The minimum absolute atomic E-state index is 0.0552. The third kappa shape index (κ3) is 3.53. The summed E-state index contributed by atoms with van der Waals surface area (Å²) >= 11 is 0. The minimum atomic E-state index is -0.115. The van der Waals surface area contributed by atoms with Crippen LogP contribution < -0.4 is 11.1 Å². The SMILES string of the molecule is Cc1noc(C2CCC(NC(=O)C(C)CN)CC2)n1. The van der Waals surface area contributed by atoms with Crippen molar-refractivity contribution in [2.24, 2.45) is 11.7 Å². The molecule has 0 aliphatic heterocycles. The molecular weight excluding hydrogens is 244 g/mol. The van der Waals surface area contributed by atoms with E-state index in [-0.39, 0.29) is 17.9 Å². The van der Waals surface area contributed by atoms with Crippen molar-refractivity contribution in [1.29, 1.82) is 0 Å². The number of carbonyl (C=O) groups excluding carboxylic acids is 1. The Morgan fingerprint density at radius 1 is 1.47 bits per heavy atom. The van der Waals surface area contributed by atoms with Crippen molar-refractivity contribution in [3.8, 4) is 0 Å². The fourth-order valence-corrected chi connectivity index (χ4v) is 2.41. The molecule has 0 radical (unpaired) electrons. The molecule has 1 aromatic rings. The van der Waals surface area contributed by atoms with Crippen molar-refractivity contribution in [3.05, 3.63) is 11.7 Å². The lowest BCUT2D eigenvalue weighted by molar-refractivity contribution is -0.125. The number of hydrogen-bond acceptors (Lipinski definition) is 5. The third-order valence-electron chi connectivity index (χ3n) is 3.77. The van der Waals surface area contributed by atoms with Gasteiger partial charge in [-0.05, 0) is 32.6 Å². The summed E-state index contributed by atoms with van der Waals surface area (Å²) in [5, 5.41) is 6.88. The topological polar surface area (TPSA) is 94.0 Å². The van der Waals surface area contributed by atoms with E-state index in [1.165, 1.54) is 0 Å². The highest BCUT2D eigenvalue weighted by molar-refractivity contribution is 5.78. The van der Waals surface area contributed by atoms with Gasteiger partial charge in [-0.15, -0.1) is 0 Å². The molecule has 106 valence electrons. The lowest BCUT2D eigenvalue weighted by Crippen LogP contribution is -2.41. The number of nitrogens with two attached hydrogens (primary N) is 1. The molecule has 1 unspecified atom stereocenters. The average Bonchev–Trinajstić information content (AvgIpc) is 2.85. The molecule has 3 N–H and O–H groups in total. The predicted octanol–water partition coefficient (Wildman–Crippen LogP) is 1.12. The van der Waals surface area contributed by atoms with Crippen LogP contribution in [0.25, 0.3) is 0 Å². The van der Waals surface area contributed by atoms with Gasteiger partial charge in [0.2, 0.25) is 11.8 Å². The largest absolute Gasteiger partial charge is 0.353 e. The van der Waals surface area contributed by atoms with E-state index in [0.29, 0.717) is 18.3 Å². The van der Waals surface area contributed by atoms with Crippen LogP contribution in [0.3, 0.4) is 0 Å². The molecule has 0 saturated heterocycles.